The third kappa shape index (κ3) is 52.4. The van der Waals surface area contributed by atoms with Crippen molar-refractivity contribution in [2.24, 2.45) is 0 Å². The van der Waals surface area contributed by atoms with Crippen molar-refractivity contribution in [2.75, 3.05) is 19.6 Å². The first-order chi connectivity index (χ1) is 10.9. The van der Waals surface area contributed by atoms with Gasteiger partial charge >= 0.3 is 17.4 Å². The first-order valence-corrected chi connectivity index (χ1v) is 6.21. The third-order valence-corrected chi connectivity index (χ3v) is 1.45. The van der Waals surface area contributed by atoms with Crippen LogP contribution in [0.15, 0.2) is 0 Å². The van der Waals surface area contributed by atoms with E-state index >= 15 is 0 Å². The van der Waals surface area contributed by atoms with Crippen LogP contribution in [-0.4, -0.2) is 55.3 Å². The van der Waals surface area contributed by atoms with E-state index in [0.717, 1.165) is 0 Å². The molecule has 0 aliphatic heterocycles. The number of hydrogen-bond donors (Lipinski definition) is 3. The van der Waals surface area contributed by atoms with E-state index < -0.39 is 37.5 Å². The van der Waals surface area contributed by atoms with Crippen LogP contribution in [-0.2, 0) is 46.1 Å². The monoisotopic (exact) mass is 400 g/mol. The van der Waals surface area contributed by atoms with E-state index in [4.69, 9.17) is 0 Å². The molecular weight excluding hydrogens is 382 g/mol. The van der Waals surface area contributed by atoms with Crippen molar-refractivity contribution >= 4 is 35.6 Å². The number of amides is 3. The van der Waals surface area contributed by atoms with Gasteiger partial charge in [-0.05, 0) is 0 Å². The smallest absolute Gasteiger partial charge is 0.548 e. The molecule has 0 fully saturated rings. The minimum Gasteiger partial charge on any atom is -0.548 e. The molecule has 1 radical (unpaired) electrons. The van der Waals surface area contributed by atoms with Gasteiger partial charge < -0.3 is 45.7 Å². The first-order valence-electron chi connectivity index (χ1n) is 6.21. The van der Waals surface area contributed by atoms with Gasteiger partial charge in [-0.3, -0.25) is 14.4 Å². The van der Waals surface area contributed by atoms with Crippen molar-refractivity contribution in [3.63, 3.8) is 0 Å². The van der Waals surface area contributed by atoms with Gasteiger partial charge in [0, 0.05) is 20.8 Å². The summed E-state index contributed by atoms with van der Waals surface area (Å²) in [7, 11) is 0. The molecule has 3 amide bonds. The first kappa shape index (κ1) is 30.3. The Balaban J connectivity index is -0.000000130. The van der Waals surface area contributed by atoms with Crippen LogP contribution in [0.25, 0.3) is 0 Å². The molecule has 0 aromatic carbocycles. The molecule has 0 spiro atoms. The van der Waals surface area contributed by atoms with E-state index in [-0.39, 0.29) is 35.1 Å². The molecule has 0 aliphatic rings. The zero-order valence-corrected chi connectivity index (χ0v) is 15.0. The number of carboxylic acids is 3. The molecule has 3 N–H and O–H groups in total. The number of rotatable bonds is 6. The number of carbonyl (C=O) groups is 6. The number of carboxylic acid groups (broad SMARTS) is 3. The topological polar surface area (TPSA) is 208 Å². The third-order valence-electron chi connectivity index (χ3n) is 1.45. The molecule has 12 nitrogen and oxygen atoms in total. The normalized spacial score (nSPS) is 7.80. The fourth-order valence-electron chi connectivity index (χ4n) is 0.590. The number of aliphatic carboxylic acids is 3. The minimum absolute atomic E-state index is 0. The predicted octanol–water partition coefficient (Wildman–Crippen LogP) is -6.39. The molecule has 0 saturated heterocycles. The van der Waals surface area contributed by atoms with Crippen molar-refractivity contribution in [3.05, 3.63) is 0 Å². The van der Waals surface area contributed by atoms with E-state index in [2.05, 4.69) is 0 Å². The van der Waals surface area contributed by atoms with Gasteiger partial charge in [0.1, 0.15) is 0 Å². The molecular formula is C12H18CrN3O9. The van der Waals surface area contributed by atoms with Crippen LogP contribution >= 0.6 is 0 Å². The summed E-state index contributed by atoms with van der Waals surface area (Å²) in [5, 5.41) is 34.9. The van der Waals surface area contributed by atoms with E-state index in [1.807, 2.05) is 16.0 Å². The molecule has 141 valence electrons. The zero-order valence-electron chi connectivity index (χ0n) is 13.7. The molecule has 0 aromatic heterocycles. The van der Waals surface area contributed by atoms with E-state index in [9.17, 15) is 44.1 Å². The van der Waals surface area contributed by atoms with Crippen molar-refractivity contribution in [3.8, 4) is 0 Å². The molecule has 0 saturated carbocycles. The van der Waals surface area contributed by atoms with Gasteiger partial charge in [-0.25, -0.2) is 0 Å². The van der Waals surface area contributed by atoms with E-state index in [1.54, 1.807) is 0 Å². The SMILES string of the molecule is CC(=O)NCC(=O)[O-].CC(=O)NCC(=O)[O-].CC(=O)NCC(=O)[O-].[Cr+3]. The van der Waals surface area contributed by atoms with Crippen LogP contribution < -0.4 is 31.3 Å². The molecule has 0 aliphatic carbocycles. The van der Waals surface area contributed by atoms with Crippen molar-refractivity contribution in [1.82, 2.24) is 16.0 Å². The van der Waals surface area contributed by atoms with Gasteiger partial charge in [0.05, 0.1) is 37.5 Å². The molecule has 0 unspecified atom stereocenters. The fourth-order valence-corrected chi connectivity index (χ4v) is 0.590. The zero-order chi connectivity index (χ0) is 19.7. The quantitative estimate of drug-likeness (QED) is 0.387. The maximum absolute atomic E-state index is 9.95. The molecule has 0 atom stereocenters. The van der Waals surface area contributed by atoms with E-state index in [0.29, 0.717) is 0 Å². The molecule has 0 aromatic rings. The van der Waals surface area contributed by atoms with Crippen molar-refractivity contribution < 1.29 is 61.4 Å². The molecule has 0 rings (SSSR count). The van der Waals surface area contributed by atoms with Crippen LogP contribution in [0.1, 0.15) is 20.8 Å². The number of nitrogens with one attached hydrogen (secondary N) is 3. The maximum Gasteiger partial charge on any atom is 3.00 e. The Morgan fingerprint density at radius 2 is 0.720 bits per heavy atom. The maximum atomic E-state index is 9.95. The second-order valence-corrected chi connectivity index (χ2v) is 3.85. The summed E-state index contributed by atoms with van der Waals surface area (Å²) >= 11 is 0. The summed E-state index contributed by atoms with van der Waals surface area (Å²) in [6.07, 6.45) is 0. The van der Waals surface area contributed by atoms with Crippen LogP contribution in [0.3, 0.4) is 0 Å². The summed E-state index contributed by atoms with van der Waals surface area (Å²) in [6.45, 7) is 2.49. The van der Waals surface area contributed by atoms with Gasteiger partial charge in [0.25, 0.3) is 0 Å². The Morgan fingerprint density at radius 1 is 0.560 bits per heavy atom. The van der Waals surface area contributed by atoms with Crippen molar-refractivity contribution in [2.45, 2.75) is 20.8 Å². The predicted molar refractivity (Wildman–Crippen MR) is 71.1 cm³/mol. The summed E-state index contributed by atoms with van der Waals surface area (Å²) in [6, 6.07) is 0. The van der Waals surface area contributed by atoms with Gasteiger partial charge in [-0.1, -0.05) is 0 Å². The minimum atomic E-state index is -1.28. The largest absolute Gasteiger partial charge is 3.00 e. The van der Waals surface area contributed by atoms with E-state index in [1.165, 1.54) is 20.8 Å². The van der Waals surface area contributed by atoms with Crippen molar-refractivity contribution in [1.29, 1.82) is 0 Å². The second-order valence-electron chi connectivity index (χ2n) is 3.85. The average molecular weight is 400 g/mol. The summed E-state index contributed by atoms with van der Waals surface area (Å²) in [5.41, 5.74) is 0. The number of hydrogen-bond acceptors (Lipinski definition) is 9. The average Bonchev–Trinajstić information content (AvgIpc) is 2.42. The van der Waals surface area contributed by atoms with Crippen LogP contribution in [0, 0.1) is 0 Å². The van der Waals surface area contributed by atoms with Crippen LogP contribution in [0.2, 0.25) is 0 Å². The van der Waals surface area contributed by atoms with Gasteiger partial charge in [-0.15, -0.1) is 0 Å². The molecule has 0 bridgehead atoms. The Bertz CT molecular complexity index is 360. The standard InChI is InChI=1S/3C4H7NO3.Cr/c3*1-3(6)5-2-4(7)8;/h3*2H2,1H3,(H,5,6)(H,7,8);/q;;;+3/p-3. The Labute approximate surface area is 154 Å². The fraction of sp³-hybridized carbons (Fsp3) is 0.500. The van der Waals surface area contributed by atoms with Gasteiger partial charge in [0.2, 0.25) is 17.7 Å². The van der Waals surface area contributed by atoms with Gasteiger partial charge in [-0.2, -0.15) is 0 Å². The van der Waals surface area contributed by atoms with Crippen LogP contribution in [0.5, 0.6) is 0 Å². The summed E-state index contributed by atoms with van der Waals surface area (Å²) < 4.78 is 0. The van der Waals surface area contributed by atoms with Crippen LogP contribution in [0.4, 0.5) is 0 Å². The summed E-state index contributed by atoms with van der Waals surface area (Å²) in [4.78, 5) is 58.6. The molecule has 25 heavy (non-hydrogen) atoms. The molecule has 13 heteroatoms. The Hall–Kier alpha value is -2.65. The summed E-state index contributed by atoms with van der Waals surface area (Å²) in [5.74, 6) is -4.93. The number of carbonyl (C=O) groups excluding carboxylic acids is 6. The van der Waals surface area contributed by atoms with Gasteiger partial charge in [0.15, 0.2) is 0 Å². The second kappa shape index (κ2) is 19.4. The Morgan fingerprint density at radius 3 is 0.760 bits per heavy atom. The Kier molecular flexibility index (Phi) is 23.5. The molecule has 0 heterocycles.